The first kappa shape index (κ1) is 24.0. The maximum atomic E-state index is 6.03. The van der Waals surface area contributed by atoms with E-state index in [4.69, 9.17) is 4.42 Å². The summed E-state index contributed by atoms with van der Waals surface area (Å²) in [5, 5.41) is 0. The summed E-state index contributed by atoms with van der Waals surface area (Å²) < 4.78 is 8.65. The molecule has 28 heavy (non-hydrogen) atoms. The van der Waals surface area contributed by atoms with Crippen molar-refractivity contribution in [2.75, 3.05) is 0 Å². The van der Waals surface area contributed by atoms with E-state index in [1.807, 2.05) is 3.28 Å². The summed E-state index contributed by atoms with van der Waals surface area (Å²) in [6, 6.07) is 4.32. The van der Waals surface area contributed by atoms with Gasteiger partial charge < -0.3 is 24.8 Å². The zero-order chi connectivity index (χ0) is 18.6. The van der Waals surface area contributed by atoms with Gasteiger partial charge in [-0.3, -0.25) is 0 Å². The van der Waals surface area contributed by atoms with Gasteiger partial charge in [0.25, 0.3) is 0 Å². The number of aryl methyl sites for hydroxylation is 1. The van der Waals surface area contributed by atoms with Gasteiger partial charge in [0.15, 0.2) is 0 Å². The van der Waals surface area contributed by atoms with Gasteiger partial charge in [0.2, 0.25) is 0 Å². The Morgan fingerprint density at radius 1 is 1.00 bits per heavy atom. The van der Waals surface area contributed by atoms with Crippen LogP contribution in [-0.2, 0) is 23.2 Å². The minimum atomic E-state index is -0.665. The molecule has 0 bridgehead atoms. The topological polar surface area (TPSA) is 13.1 Å². The van der Waals surface area contributed by atoms with Crippen molar-refractivity contribution in [1.82, 2.24) is 0 Å². The zero-order valence-electron chi connectivity index (χ0n) is 17.7. The Hall–Kier alpha value is -0.297. The van der Waals surface area contributed by atoms with Crippen LogP contribution in [0.4, 0.5) is 0 Å². The quantitative estimate of drug-likeness (QED) is 0.614. The molecule has 4 heteroatoms. The van der Waals surface area contributed by atoms with Gasteiger partial charge >= 0.3 is 170 Å². The van der Waals surface area contributed by atoms with Gasteiger partial charge in [-0.05, 0) is 0 Å². The number of allylic oxidation sites excluding steroid dienone is 8. The minimum Gasteiger partial charge on any atom is -1.00 e. The van der Waals surface area contributed by atoms with Gasteiger partial charge in [0, 0.05) is 0 Å². The molecule has 0 N–H and O–H groups in total. The van der Waals surface area contributed by atoms with E-state index in [9.17, 15) is 0 Å². The number of hydrogen-bond donors (Lipinski definition) is 0. The van der Waals surface area contributed by atoms with Crippen molar-refractivity contribution < 1.29 is 52.5 Å². The molecule has 0 fully saturated rings. The molecule has 3 aliphatic rings. The van der Waals surface area contributed by atoms with E-state index in [-0.39, 0.29) is 24.8 Å². The van der Waals surface area contributed by atoms with Crippen molar-refractivity contribution >= 4 is 0 Å². The second kappa shape index (κ2) is 9.24. The monoisotopic (exact) mass is 494 g/mol. The summed E-state index contributed by atoms with van der Waals surface area (Å²) in [5.41, 5.74) is 9.81. The van der Waals surface area contributed by atoms with Gasteiger partial charge in [-0.1, -0.05) is 0 Å². The summed E-state index contributed by atoms with van der Waals surface area (Å²) in [5.74, 6) is 3.40. The van der Waals surface area contributed by atoms with Crippen LogP contribution in [0.3, 0.4) is 0 Å². The predicted octanol–water partition coefficient (Wildman–Crippen LogP) is 1.25. The third-order valence-corrected chi connectivity index (χ3v) is 12.4. The van der Waals surface area contributed by atoms with Gasteiger partial charge in [0.05, 0.1) is 0 Å². The summed E-state index contributed by atoms with van der Waals surface area (Å²) >= 11 is -0.665. The van der Waals surface area contributed by atoms with Crippen molar-refractivity contribution in [2.24, 2.45) is 5.92 Å². The van der Waals surface area contributed by atoms with Crippen LogP contribution in [0.5, 0.6) is 0 Å². The summed E-state index contributed by atoms with van der Waals surface area (Å²) in [6.45, 7) is 13.9. The van der Waals surface area contributed by atoms with E-state index < -0.39 is 23.2 Å². The number of hydrogen-bond acceptors (Lipinski definition) is 1. The van der Waals surface area contributed by atoms with Gasteiger partial charge in [0.1, 0.15) is 0 Å². The molecule has 3 unspecified atom stereocenters. The first-order valence-electron chi connectivity index (χ1n) is 10.0. The Bertz CT molecular complexity index is 884. The molecule has 150 valence electrons. The molecule has 0 spiro atoms. The molecule has 1 aromatic heterocycles. The van der Waals surface area contributed by atoms with Crippen molar-refractivity contribution in [3.63, 3.8) is 0 Å². The van der Waals surface area contributed by atoms with Crippen molar-refractivity contribution in [1.29, 1.82) is 0 Å². The molecule has 0 aromatic carbocycles. The van der Waals surface area contributed by atoms with E-state index in [1.54, 1.807) is 33.4 Å². The molecule has 0 saturated carbocycles. The van der Waals surface area contributed by atoms with Crippen LogP contribution in [0, 0.1) is 12.8 Å². The third-order valence-electron chi connectivity index (χ3n) is 6.92. The van der Waals surface area contributed by atoms with Crippen molar-refractivity contribution in [2.45, 2.75) is 70.3 Å². The number of furan rings is 1. The molecule has 1 aromatic rings. The van der Waals surface area contributed by atoms with Crippen molar-refractivity contribution in [3.05, 3.63) is 66.4 Å². The molecular weight excluding hydrogens is 466 g/mol. The average Bonchev–Trinajstić information content (AvgIpc) is 3.24. The van der Waals surface area contributed by atoms with Crippen LogP contribution >= 0.6 is 0 Å². The molecule has 3 atom stereocenters. The number of halogens is 2. The molecule has 0 aliphatic heterocycles. The zero-order valence-corrected chi connectivity index (χ0v) is 21.7. The first-order valence-corrected chi connectivity index (χ1v) is 12.7. The maximum absolute atomic E-state index is 6.03. The Kier molecular flexibility index (Phi) is 7.91. The van der Waals surface area contributed by atoms with E-state index in [0.29, 0.717) is 11.8 Å². The molecule has 0 amide bonds. The number of rotatable bonds is 3. The molecule has 4 rings (SSSR count). The molecule has 3 aliphatic carbocycles. The molecular formula is C24H30Cl2OZr. The van der Waals surface area contributed by atoms with Gasteiger partial charge in [-0.15, -0.1) is 0 Å². The largest absolute Gasteiger partial charge is 1.00 e. The molecule has 0 radical (unpaired) electrons. The summed E-state index contributed by atoms with van der Waals surface area (Å²) in [7, 11) is 0. The average molecular weight is 497 g/mol. The van der Waals surface area contributed by atoms with E-state index in [2.05, 4.69) is 59.8 Å². The van der Waals surface area contributed by atoms with E-state index >= 15 is 0 Å². The first-order chi connectivity index (χ1) is 12.4. The standard InChI is InChI=1S/C15H17O.C9H13.2ClH.Zr/c1-10-8-12-4-3-5-13(14(12)9-10)15-7-6-11(2)16-15;1-6-5-7(2)9(4)8(6)3;;;/h6-9,13H,3-5H2,1-2H3;6H,1-4H3;2*1H;/q;;;;+2/p-2. The third kappa shape index (κ3) is 3.99. The van der Waals surface area contributed by atoms with Crippen LogP contribution in [0.1, 0.15) is 71.3 Å². The van der Waals surface area contributed by atoms with Crippen LogP contribution in [-0.4, -0.2) is 0 Å². The SMILES string of the molecule is CC1=CC2=C(CCCC2c2ccc(C)o2)[CH]1[Zr+2][C]1=C(C)C(C)=C(C)C1C.[Cl-].[Cl-]. The van der Waals surface area contributed by atoms with Crippen LogP contribution in [0.25, 0.3) is 0 Å². The van der Waals surface area contributed by atoms with Gasteiger partial charge in [-0.2, -0.15) is 0 Å². The van der Waals surface area contributed by atoms with Crippen molar-refractivity contribution in [3.8, 4) is 0 Å². The fourth-order valence-electron chi connectivity index (χ4n) is 5.02. The van der Waals surface area contributed by atoms with Crippen LogP contribution in [0.15, 0.2) is 59.3 Å². The van der Waals surface area contributed by atoms with Crippen LogP contribution in [0.2, 0.25) is 3.63 Å². The molecule has 1 heterocycles. The molecule has 0 saturated heterocycles. The normalized spacial score (nSPS) is 26.6. The second-order valence-corrected chi connectivity index (χ2v) is 11.9. The fraction of sp³-hybridized carbons (Fsp3) is 0.500. The Labute approximate surface area is 194 Å². The van der Waals surface area contributed by atoms with Crippen LogP contribution < -0.4 is 24.8 Å². The van der Waals surface area contributed by atoms with E-state index in [1.165, 1.54) is 25.0 Å². The second-order valence-electron chi connectivity index (χ2n) is 8.41. The van der Waals surface area contributed by atoms with E-state index in [0.717, 1.165) is 9.39 Å². The smallest absolute Gasteiger partial charge is 1.00 e. The minimum absolute atomic E-state index is 0. The summed E-state index contributed by atoms with van der Waals surface area (Å²) in [6.07, 6.45) is 6.39. The predicted molar refractivity (Wildman–Crippen MR) is 105 cm³/mol. The maximum Gasteiger partial charge on any atom is -1.00 e. The Morgan fingerprint density at radius 3 is 2.29 bits per heavy atom. The summed E-state index contributed by atoms with van der Waals surface area (Å²) in [4.78, 5) is 0. The molecule has 1 nitrogen and oxygen atoms in total. The fourth-order valence-corrected chi connectivity index (χ4v) is 9.88. The Morgan fingerprint density at radius 2 is 1.71 bits per heavy atom. The Balaban J connectivity index is 0.00000140. The van der Waals surface area contributed by atoms with Gasteiger partial charge in [-0.25, -0.2) is 0 Å².